The smallest absolute Gasteiger partial charge is 0.244 e. The van der Waals surface area contributed by atoms with Gasteiger partial charge in [-0.05, 0) is 43.7 Å². The number of ether oxygens (including phenoxy) is 3. The number of hydrogen-bond acceptors (Lipinski definition) is 8. The minimum atomic E-state index is -0.225. The molecule has 2 aromatic heterocycles. The summed E-state index contributed by atoms with van der Waals surface area (Å²) in [5.74, 6) is 2.64. The lowest BCUT2D eigenvalue weighted by Gasteiger charge is -2.12. The summed E-state index contributed by atoms with van der Waals surface area (Å²) in [5, 5.41) is 10.4. The van der Waals surface area contributed by atoms with Gasteiger partial charge in [-0.2, -0.15) is 5.10 Å². The summed E-state index contributed by atoms with van der Waals surface area (Å²) in [5.41, 5.74) is 2.65. The maximum absolute atomic E-state index is 12.2. The van der Waals surface area contributed by atoms with Crippen LogP contribution in [-0.2, 0) is 4.79 Å². The van der Waals surface area contributed by atoms with Crippen LogP contribution in [0.4, 0.5) is 5.82 Å². The van der Waals surface area contributed by atoms with Crippen molar-refractivity contribution in [3.8, 4) is 23.1 Å². The van der Waals surface area contributed by atoms with Crippen LogP contribution in [0.25, 0.3) is 11.9 Å². The van der Waals surface area contributed by atoms with Crippen molar-refractivity contribution in [1.29, 1.82) is 0 Å². The van der Waals surface area contributed by atoms with Crippen molar-refractivity contribution in [3.63, 3.8) is 0 Å². The average molecular weight is 453 g/mol. The molecule has 2 N–H and O–H groups in total. The zero-order valence-electron chi connectivity index (χ0n) is 19.4. The van der Waals surface area contributed by atoms with Gasteiger partial charge in [-0.15, -0.1) is 0 Å². The van der Waals surface area contributed by atoms with Gasteiger partial charge in [-0.3, -0.25) is 4.79 Å². The summed E-state index contributed by atoms with van der Waals surface area (Å²) in [4.78, 5) is 20.7. The van der Waals surface area contributed by atoms with Crippen molar-refractivity contribution in [2.75, 3.05) is 39.7 Å². The molecular weight excluding hydrogens is 424 g/mol. The number of nitrogens with one attached hydrogen (secondary N) is 2. The highest BCUT2D eigenvalue weighted by Crippen LogP contribution is 2.38. The third kappa shape index (κ3) is 6.00. The van der Waals surface area contributed by atoms with Crippen LogP contribution in [0.1, 0.15) is 17.0 Å². The van der Waals surface area contributed by atoms with Crippen molar-refractivity contribution < 1.29 is 19.0 Å². The van der Waals surface area contributed by atoms with Crippen molar-refractivity contribution in [2.24, 2.45) is 0 Å². The van der Waals surface area contributed by atoms with Crippen molar-refractivity contribution in [1.82, 2.24) is 25.1 Å². The summed E-state index contributed by atoms with van der Waals surface area (Å²) in [6.07, 6.45) is 4.61. The number of amides is 1. The number of methoxy groups -OCH3 is 3. The molecule has 0 atom stereocenters. The quantitative estimate of drug-likeness (QED) is 0.357. The van der Waals surface area contributed by atoms with Gasteiger partial charge in [-0.1, -0.05) is 0 Å². The molecule has 0 aliphatic carbocycles. The Morgan fingerprint density at radius 3 is 2.33 bits per heavy atom. The second-order valence-corrected chi connectivity index (χ2v) is 7.11. The average Bonchev–Trinajstić information content (AvgIpc) is 3.17. The van der Waals surface area contributed by atoms with Crippen molar-refractivity contribution >= 4 is 17.8 Å². The fourth-order valence-electron chi connectivity index (χ4n) is 3.23. The molecule has 0 bridgehead atoms. The number of hydrogen-bond donors (Lipinski definition) is 2. The fourth-order valence-corrected chi connectivity index (χ4v) is 3.23. The lowest BCUT2D eigenvalue weighted by molar-refractivity contribution is -0.116. The summed E-state index contributed by atoms with van der Waals surface area (Å²) >= 11 is 0. The Morgan fingerprint density at radius 2 is 1.73 bits per heavy atom. The van der Waals surface area contributed by atoms with Gasteiger partial charge in [0, 0.05) is 30.9 Å². The van der Waals surface area contributed by atoms with Gasteiger partial charge >= 0.3 is 0 Å². The minimum absolute atomic E-state index is 0.225. The molecular formula is C23H28N6O4. The van der Waals surface area contributed by atoms with Gasteiger partial charge in [0.2, 0.25) is 11.7 Å². The number of aromatic nitrogens is 4. The van der Waals surface area contributed by atoms with Crippen LogP contribution in [-0.4, -0.2) is 60.1 Å². The Balaban J connectivity index is 1.53. The number of carbonyl (C=O) groups excluding carboxylic acids is 1. The van der Waals surface area contributed by atoms with E-state index in [0.717, 1.165) is 17.0 Å². The predicted molar refractivity (Wildman–Crippen MR) is 125 cm³/mol. The van der Waals surface area contributed by atoms with Crippen LogP contribution >= 0.6 is 0 Å². The summed E-state index contributed by atoms with van der Waals surface area (Å²) < 4.78 is 17.7. The van der Waals surface area contributed by atoms with E-state index in [1.807, 2.05) is 26.0 Å². The molecule has 0 aliphatic rings. The van der Waals surface area contributed by atoms with Crippen LogP contribution in [0.5, 0.6) is 17.2 Å². The van der Waals surface area contributed by atoms with Crippen molar-refractivity contribution in [3.05, 3.63) is 53.6 Å². The molecule has 0 fully saturated rings. The summed E-state index contributed by atoms with van der Waals surface area (Å²) in [6.45, 7) is 4.81. The standard InChI is InChI=1S/C23H28N6O4/c1-15-10-16(2)29(28-15)21-13-20(26-14-27-21)24-8-9-25-22(30)7-6-17-11-18(31-3)23(33-5)19(12-17)32-4/h6-7,10-14H,8-9H2,1-5H3,(H,25,30)(H,24,26,27)/b7-6+. The Labute approximate surface area is 192 Å². The van der Waals surface area contributed by atoms with E-state index in [9.17, 15) is 4.79 Å². The third-order valence-electron chi connectivity index (χ3n) is 4.72. The molecule has 2 heterocycles. The molecule has 0 radical (unpaired) electrons. The molecule has 0 saturated heterocycles. The van der Waals surface area contributed by atoms with Crippen LogP contribution in [0.3, 0.4) is 0 Å². The summed E-state index contributed by atoms with van der Waals surface area (Å²) in [6, 6.07) is 7.33. The molecule has 0 unspecified atom stereocenters. The van der Waals surface area contributed by atoms with Crippen LogP contribution < -0.4 is 24.8 Å². The van der Waals surface area contributed by atoms with Crippen LogP contribution in [0, 0.1) is 13.8 Å². The Morgan fingerprint density at radius 1 is 1.00 bits per heavy atom. The highest BCUT2D eigenvalue weighted by atomic mass is 16.5. The first-order valence-corrected chi connectivity index (χ1v) is 10.3. The number of carbonyl (C=O) groups is 1. The monoisotopic (exact) mass is 452 g/mol. The summed E-state index contributed by atoms with van der Waals surface area (Å²) in [7, 11) is 4.63. The first-order valence-electron chi connectivity index (χ1n) is 10.3. The maximum atomic E-state index is 12.2. The van der Waals surface area contributed by atoms with Gasteiger partial charge in [-0.25, -0.2) is 14.6 Å². The first-order chi connectivity index (χ1) is 15.9. The molecule has 0 saturated carbocycles. The third-order valence-corrected chi connectivity index (χ3v) is 4.72. The van der Waals surface area contributed by atoms with E-state index in [0.29, 0.717) is 42.0 Å². The normalized spacial score (nSPS) is 10.8. The lowest BCUT2D eigenvalue weighted by atomic mass is 10.1. The number of rotatable bonds is 10. The fraction of sp³-hybridized carbons (Fsp3) is 0.304. The topological polar surface area (TPSA) is 112 Å². The second-order valence-electron chi connectivity index (χ2n) is 7.11. The number of aryl methyl sites for hydroxylation is 2. The van der Waals surface area contributed by atoms with Gasteiger partial charge < -0.3 is 24.8 Å². The molecule has 10 nitrogen and oxygen atoms in total. The number of anilines is 1. The molecule has 0 spiro atoms. The first kappa shape index (κ1) is 23.6. The zero-order valence-corrected chi connectivity index (χ0v) is 19.4. The molecule has 33 heavy (non-hydrogen) atoms. The second kappa shape index (κ2) is 11.0. The largest absolute Gasteiger partial charge is 0.493 e. The van der Waals surface area contributed by atoms with E-state index in [4.69, 9.17) is 14.2 Å². The van der Waals surface area contributed by atoms with E-state index in [1.165, 1.54) is 12.4 Å². The van der Waals surface area contributed by atoms with E-state index >= 15 is 0 Å². The van der Waals surface area contributed by atoms with Crippen molar-refractivity contribution in [2.45, 2.75) is 13.8 Å². The molecule has 3 aromatic rings. The highest BCUT2D eigenvalue weighted by Gasteiger charge is 2.12. The van der Waals surface area contributed by atoms with Crippen LogP contribution in [0.2, 0.25) is 0 Å². The predicted octanol–water partition coefficient (Wildman–Crippen LogP) is 2.55. The minimum Gasteiger partial charge on any atom is -0.493 e. The number of nitrogens with zero attached hydrogens (tertiary/aromatic N) is 4. The zero-order chi connectivity index (χ0) is 23.8. The SMILES string of the molecule is COc1cc(/C=C/C(=O)NCCNc2cc(-n3nc(C)cc3C)ncn2)cc(OC)c1OC. The van der Waals surface area contributed by atoms with Gasteiger partial charge in [0.25, 0.3) is 0 Å². The van der Waals surface area contributed by atoms with E-state index < -0.39 is 0 Å². The van der Waals surface area contributed by atoms with E-state index in [1.54, 1.807) is 44.2 Å². The maximum Gasteiger partial charge on any atom is 0.244 e. The number of benzene rings is 1. The molecule has 0 aliphatic heterocycles. The molecule has 174 valence electrons. The van der Waals surface area contributed by atoms with Crippen LogP contribution in [0.15, 0.2) is 36.7 Å². The Bertz CT molecular complexity index is 1120. The Kier molecular flexibility index (Phi) is 7.85. The molecule has 3 rings (SSSR count). The van der Waals surface area contributed by atoms with E-state index in [-0.39, 0.29) is 5.91 Å². The van der Waals surface area contributed by atoms with Gasteiger partial charge in [0.05, 0.1) is 27.0 Å². The van der Waals surface area contributed by atoms with Gasteiger partial charge in [0.15, 0.2) is 17.3 Å². The molecule has 1 aromatic carbocycles. The van der Waals surface area contributed by atoms with E-state index in [2.05, 4.69) is 25.7 Å². The Hall–Kier alpha value is -4.08. The highest BCUT2D eigenvalue weighted by molar-refractivity contribution is 5.91. The molecule has 10 heteroatoms. The molecule has 1 amide bonds. The van der Waals surface area contributed by atoms with Gasteiger partial charge in [0.1, 0.15) is 12.1 Å². The lowest BCUT2D eigenvalue weighted by Crippen LogP contribution is -2.27.